The zero-order valence-corrected chi connectivity index (χ0v) is 9.93. The normalized spacial score (nSPS) is 27.5. The number of nitrogens with one attached hydrogen (secondary N) is 1. The van der Waals surface area contributed by atoms with Crippen LogP contribution in [0.2, 0.25) is 0 Å². The molecule has 0 saturated carbocycles. The third kappa shape index (κ3) is 1.96. The highest BCUT2D eigenvalue weighted by Crippen LogP contribution is 2.31. The highest BCUT2D eigenvalue weighted by atomic mass is 19.2. The van der Waals surface area contributed by atoms with Crippen LogP contribution in [0.15, 0.2) is 12.1 Å². The second kappa shape index (κ2) is 4.46. The molecule has 5 heteroatoms. The summed E-state index contributed by atoms with van der Waals surface area (Å²) in [5.41, 5.74) is 0.0626. The Labute approximate surface area is 104 Å². The Kier molecular flexibility index (Phi) is 2.93. The third-order valence-electron chi connectivity index (χ3n) is 3.96. The Morgan fingerprint density at radius 2 is 1.78 bits per heavy atom. The first-order valence-electron chi connectivity index (χ1n) is 6.30. The summed E-state index contributed by atoms with van der Waals surface area (Å²) in [4.78, 5) is 2.37. The van der Waals surface area contributed by atoms with E-state index >= 15 is 0 Å². The van der Waals surface area contributed by atoms with Crippen molar-refractivity contribution >= 4 is 5.69 Å². The second-order valence-electron chi connectivity index (χ2n) is 5.03. The van der Waals surface area contributed by atoms with Crippen LogP contribution in [-0.2, 0) is 0 Å². The summed E-state index contributed by atoms with van der Waals surface area (Å²) in [6.07, 6.45) is 3.16. The molecule has 0 bridgehead atoms. The Morgan fingerprint density at radius 3 is 2.61 bits per heavy atom. The minimum Gasteiger partial charge on any atom is -0.378 e. The van der Waals surface area contributed by atoms with E-state index in [4.69, 9.17) is 0 Å². The molecule has 2 fully saturated rings. The maximum atomic E-state index is 13.5. The average molecular weight is 256 g/mol. The molecular weight excluding hydrogens is 241 g/mol. The van der Waals surface area contributed by atoms with E-state index in [0.29, 0.717) is 12.1 Å². The molecule has 98 valence electrons. The molecule has 2 heterocycles. The van der Waals surface area contributed by atoms with Crippen molar-refractivity contribution in [3.8, 4) is 0 Å². The van der Waals surface area contributed by atoms with Crippen LogP contribution < -0.4 is 5.32 Å². The predicted molar refractivity (Wildman–Crippen MR) is 62.9 cm³/mol. The van der Waals surface area contributed by atoms with Gasteiger partial charge in [-0.3, -0.25) is 4.90 Å². The Hall–Kier alpha value is -1.23. The minimum atomic E-state index is -1.15. The van der Waals surface area contributed by atoms with Crippen molar-refractivity contribution in [1.82, 2.24) is 4.90 Å². The lowest BCUT2D eigenvalue weighted by Gasteiger charge is -2.22. The van der Waals surface area contributed by atoms with Crippen LogP contribution in [0.3, 0.4) is 0 Å². The van der Waals surface area contributed by atoms with Crippen LogP contribution in [0.4, 0.5) is 18.9 Å². The maximum absolute atomic E-state index is 13.5. The molecule has 2 saturated heterocycles. The van der Waals surface area contributed by atoms with E-state index in [0.717, 1.165) is 38.4 Å². The lowest BCUT2D eigenvalue weighted by Crippen LogP contribution is -2.34. The molecule has 2 atom stereocenters. The molecule has 1 aromatic rings. The topological polar surface area (TPSA) is 15.3 Å². The first-order chi connectivity index (χ1) is 8.65. The van der Waals surface area contributed by atoms with Crippen LogP contribution >= 0.6 is 0 Å². The molecule has 0 amide bonds. The van der Waals surface area contributed by atoms with E-state index in [1.54, 1.807) is 0 Å². The van der Waals surface area contributed by atoms with Gasteiger partial charge in [-0.25, -0.2) is 13.2 Å². The van der Waals surface area contributed by atoms with Crippen molar-refractivity contribution in [2.75, 3.05) is 18.4 Å². The van der Waals surface area contributed by atoms with Gasteiger partial charge in [-0.15, -0.1) is 0 Å². The van der Waals surface area contributed by atoms with Crippen LogP contribution in [0.1, 0.15) is 19.3 Å². The summed E-state index contributed by atoms with van der Waals surface area (Å²) >= 11 is 0. The van der Waals surface area contributed by atoms with E-state index in [2.05, 4.69) is 10.2 Å². The molecule has 0 aromatic heterocycles. The Morgan fingerprint density at radius 1 is 1.00 bits per heavy atom. The Bertz CT molecular complexity index is 464. The van der Waals surface area contributed by atoms with Gasteiger partial charge in [0.25, 0.3) is 0 Å². The zero-order chi connectivity index (χ0) is 12.7. The van der Waals surface area contributed by atoms with E-state index in [-0.39, 0.29) is 11.7 Å². The van der Waals surface area contributed by atoms with Crippen molar-refractivity contribution in [3.05, 3.63) is 29.6 Å². The van der Waals surface area contributed by atoms with Crippen molar-refractivity contribution in [3.63, 3.8) is 0 Å². The molecule has 0 radical (unpaired) electrons. The predicted octanol–water partition coefficient (Wildman–Crippen LogP) is 2.75. The SMILES string of the molecule is Fc1cc(F)c(NC2CCN3CCCC23)cc1F. The van der Waals surface area contributed by atoms with E-state index in [1.807, 2.05) is 0 Å². The van der Waals surface area contributed by atoms with Gasteiger partial charge in [0.15, 0.2) is 11.6 Å². The molecule has 0 spiro atoms. The van der Waals surface area contributed by atoms with Crippen LogP contribution in [0, 0.1) is 17.5 Å². The summed E-state index contributed by atoms with van der Waals surface area (Å²) in [7, 11) is 0. The smallest absolute Gasteiger partial charge is 0.161 e. The fourth-order valence-electron chi connectivity index (χ4n) is 3.08. The summed E-state index contributed by atoms with van der Waals surface area (Å²) in [5, 5.41) is 3.03. The van der Waals surface area contributed by atoms with E-state index in [9.17, 15) is 13.2 Å². The number of hydrogen-bond acceptors (Lipinski definition) is 2. The van der Waals surface area contributed by atoms with E-state index < -0.39 is 17.5 Å². The summed E-state index contributed by atoms with van der Waals surface area (Å²) < 4.78 is 39.5. The molecule has 2 unspecified atom stereocenters. The van der Waals surface area contributed by atoms with E-state index in [1.165, 1.54) is 0 Å². The number of rotatable bonds is 2. The lowest BCUT2D eigenvalue weighted by molar-refractivity contribution is 0.318. The van der Waals surface area contributed by atoms with Gasteiger partial charge >= 0.3 is 0 Å². The molecule has 3 rings (SSSR count). The molecule has 2 aliphatic heterocycles. The first-order valence-corrected chi connectivity index (χ1v) is 6.30. The van der Waals surface area contributed by atoms with Crippen molar-refractivity contribution in [2.45, 2.75) is 31.3 Å². The van der Waals surface area contributed by atoms with Gasteiger partial charge < -0.3 is 5.32 Å². The minimum absolute atomic E-state index is 0.0626. The quantitative estimate of drug-likeness (QED) is 0.818. The molecule has 0 aliphatic carbocycles. The Balaban J connectivity index is 1.78. The number of halogens is 3. The van der Waals surface area contributed by atoms with Gasteiger partial charge in [-0.1, -0.05) is 0 Å². The fraction of sp³-hybridized carbons (Fsp3) is 0.538. The monoisotopic (exact) mass is 256 g/mol. The van der Waals surface area contributed by atoms with Crippen molar-refractivity contribution in [1.29, 1.82) is 0 Å². The van der Waals surface area contributed by atoms with Crippen LogP contribution in [0.5, 0.6) is 0 Å². The van der Waals surface area contributed by atoms with Gasteiger partial charge in [-0.2, -0.15) is 0 Å². The first kappa shape index (κ1) is 11.8. The van der Waals surface area contributed by atoms with Crippen LogP contribution in [0.25, 0.3) is 0 Å². The summed E-state index contributed by atoms with van der Waals surface area (Å²) in [6.45, 7) is 2.08. The van der Waals surface area contributed by atoms with Gasteiger partial charge in [0, 0.05) is 30.8 Å². The number of fused-ring (bicyclic) bond motifs is 1. The van der Waals surface area contributed by atoms with Gasteiger partial charge in [-0.05, 0) is 25.8 Å². The largest absolute Gasteiger partial charge is 0.378 e. The average Bonchev–Trinajstić information content (AvgIpc) is 2.90. The number of nitrogens with zero attached hydrogens (tertiary/aromatic N) is 1. The van der Waals surface area contributed by atoms with Gasteiger partial charge in [0.1, 0.15) is 5.82 Å². The number of benzene rings is 1. The molecule has 2 nitrogen and oxygen atoms in total. The van der Waals surface area contributed by atoms with Crippen molar-refractivity contribution < 1.29 is 13.2 Å². The lowest BCUT2D eigenvalue weighted by atomic mass is 10.1. The maximum Gasteiger partial charge on any atom is 0.161 e. The summed E-state index contributed by atoms with van der Waals surface area (Å²) in [6, 6.07) is 2.03. The standard InChI is InChI=1S/C13H15F3N2/c14-8-6-10(16)12(7-9(8)15)17-11-3-5-18-4-1-2-13(11)18/h6-7,11,13,17H,1-5H2. The molecule has 2 aliphatic rings. The fourth-order valence-corrected chi connectivity index (χ4v) is 3.08. The highest BCUT2D eigenvalue weighted by molar-refractivity contribution is 5.46. The molecular formula is C13H15F3N2. The van der Waals surface area contributed by atoms with Crippen LogP contribution in [-0.4, -0.2) is 30.1 Å². The number of anilines is 1. The highest BCUT2D eigenvalue weighted by Gasteiger charge is 2.37. The zero-order valence-electron chi connectivity index (χ0n) is 9.93. The van der Waals surface area contributed by atoms with Gasteiger partial charge in [0.2, 0.25) is 0 Å². The molecule has 1 N–H and O–H groups in total. The molecule has 1 aromatic carbocycles. The number of hydrogen-bond donors (Lipinski definition) is 1. The van der Waals surface area contributed by atoms with Gasteiger partial charge in [0.05, 0.1) is 5.69 Å². The third-order valence-corrected chi connectivity index (χ3v) is 3.96. The summed E-state index contributed by atoms with van der Waals surface area (Å²) in [5.74, 6) is -2.89. The van der Waals surface area contributed by atoms with Crippen molar-refractivity contribution in [2.24, 2.45) is 0 Å². The molecule has 18 heavy (non-hydrogen) atoms. The second-order valence-corrected chi connectivity index (χ2v) is 5.03.